The molecule has 1 unspecified atom stereocenters. The predicted molar refractivity (Wildman–Crippen MR) is 109 cm³/mol. The third-order valence-electron chi connectivity index (χ3n) is 5.29. The van der Waals surface area contributed by atoms with Crippen molar-refractivity contribution in [3.63, 3.8) is 0 Å². The first-order chi connectivity index (χ1) is 13.0. The van der Waals surface area contributed by atoms with Crippen LogP contribution in [0.4, 0.5) is 5.69 Å². The van der Waals surface area contributed by atoms with Crippen LogP contribution >= 0.6 is 0 Å². The first-order valence-electron chi connectivity index (χ1n) is 9.81. The number of amides is 2. The van der Waals surface area contributed by atoms with E-state index in [1.54, 1.807) is 12.1 Å². The molecule has 1 fully saturated rings. The van der Waals surface area contributed by atoms with Crippen LogP contribution in [0.15, 0.2) is 48.5 Å². The lowest BCUT2D eigenvalue weighted by Gasteiger charge is -2.21. The molecule has 1 saturated carbocycles. The van der Waals surface area contributed by atoms with Crippen molar-refractivity contribution < 1.29 is 9.59 Å². The van der Waals surface area contributed by atoms with E-state index in [4.69, 9.17) is 0 Å². The highest BCUT2D eigenvalue weighted by Crippen LogP contribution is 2.25. The average Bonchev–Trinajstić information content (AvgIpc) is 2.69. The Bertz CT molecular complexity index is 792. The second-order valence-electron chi connectivity index (χ2n) is 7.51. The molecule has 1 atom stereocenters. The van der Waals surface area contributed by atoms with E-state index in [0.29, 0.717) is 11.3 Å². The SMILES string of the molecule is Cc1ccc(C(C)NC(=O)c2cccc(NC(=O)C3CCCCC3)c2)cc1. The Morgan fingerprint density at radius 3 is 2.41 bits per heavy atom. The first-order valence-corrected chi connectivity index (χ1v) is 9.81. The summed E-state index contributed by atoms with van der Waals surface area (Å²) in [5.74, 6) is 0.0231. The van der Waals surface area contributed by atoms with Gasteiger partial charge in [0.2, 0.25) is 5.91 Å². The van der Waals surface area contributed by atoms with Gasteiger partial charge in [0, 0.05) is 17.2 Å². The molecule has 142 valence electrons. The number of nitrogens with one attached hydrogen (secondary N) is 2. The summed E-state index contributed by atoms with van der Waals surface area (Å²) in [6.45, 7) is 4.01. The minimum Gasteiger partial charge on any atom is -0.346 e. The molecular formula is C23H28N2O2. The summed E-state index contributed by atoms with van der Waals surface area (Å²) in [7, 11) is 0. The van der Waals surface area contributed by atoms with Crippen LogP contribution in [0, 0.1) is 12.8 Å². The monoisotopic (exact) mass is 364 g/mol. The zero-order valence-corrected chi connectivity index (χ0v) is 16.1. The van der Waals surface area contributed by atoms with Crippen LogP contribution in [0.25, 0.3) is 0 Å². The van der Waals surface area contributed by atoms with Gasteiger partial charge in [-0.1, -0.05) is 55.2 Å². The van der Waals surface area contributed by atoms with Gasteiger partial charge in [0.15, 0.2) is 0 Å². The molecule has 3 rings (SSSR count). The van der Waals surface area contributed by atoms with Crippen molar-refractivity contribution in [3.05, 3.63) is 65.2 Å². The van der Waals surface area contributed by atoms with Crippen molar-refractivity contribution in [2.45, 2.75) is 52.0 Å². The minimum absolute atomic E-state index is 0.0697. The number of anilines is 1. The van der Waals surface area contributed by atoms with E-state index in [1.807, 2.05) is 50.2 Å². The molecule has 2 N–H and O–H groups in total. The molecule has 2 amide bonds. The van der Waals surface area contributed by atoms with E-state index in [2.05, 4.69) is 10.6 Å². The fraction of sp³-hybridized carbons (Fsp3) is 0.391. The van der Waals surface area contributed by atoms with Gasteiger partial charge in [-0.05, 0) is 50.5 Å². The molecule has 4 heteroatoms. The topological polar surface area (TPSA) is 58.2 Å². The standard InChI is InChI=1S/C23H28N2O2/c1-16-11-13-18(14-12-16)17(2)24-23(27)20-9-6-10-21(15-20)25-22(26)19-7-4-3-5-8-19/h6,9-15,17,19H,3-5,7-8H2,1-2H3,(H,24,27)(H,25,26). The van der Waals surface area contributed by atoms with Gasteiger partial charge in [0.25, 0.3) is 5.91 Å². The van der Waals surface area contributed by atoms with Gasteiger partial charge < -0.3 is 10.6 Å². The highest BCUT2D eigenvalue weighted by molar-refractivity contribution is 5.97. The van der Waals surface area contributed by atoms with E-state index in [-0.39, 0.29) is 23.8 Å². The van der Waals surface area contributed by atoms with Crippen molar-refractivity contribution >= 4 is 17.5 Å². The molecule has 0 saturated heterocycles. The number of rotatable bonds is 5. The van der Waals surface area contributed by atoms with Gasteiger partial charge in [-0.2, -0.15) is 0 Å². The van der Waals surface area contributed by atoms with Crippen LogP contribution in [-0.4, -0.2) is 11.8 Å². The van der Waals surface area contributed by atoms with Crippen molar-refractivity contribution in [2.24, 2.45) is 5.92 Å². The molecule has 2 aromatic carbocycles. The molecule has 2 aromatic rings. The number of hydrogen-bond acceptors (Lipinski definition) is 2. The van der Waals surface area contributed by atoms with Gasteiger partial charge in [0.1, 0.15) is 0 Å². The molecule has 4 nitrogen and oxygen atoms in total. The third-order valence-corrected chi connectivity index (χ3v) is 5.29. The second kappa shape index (κ2) is 8.85. The van der Waals surface area contributed by atoms with Gasteiger partial charge >= 0.3 is 0 Å². The third kappa shape index (κ3) is 5.19. The normalized spacial score (nSPS) is 15.8. The highest BCUT2D eigenvalue weighted by atomic mass is 16.2. The number of hydrogen-bond donors (Lipinski definition) is 2. The summed E-state index contributed by atoms with van der Waals surface area (Å²) in [5, 5.41) is 6.00. The van der Waals surface area contributed by atoms with E-state index in [0.717, 1.165) is 31.2 Å². The van der Waals surface area contributed by atoms with Crippen LogP contribution in [0.3, 0.4) is 0 Å². The van der Waals surface area contributed by atoms with E-state index in [9.17, 15) is 9.59 Å². The first kappa shape index (κ1) is 19.2. The van der Waals surface area contributed by atoms with E-state index in [1.165, 1.54) is 12.0 Å². The summed E-state index contributed by atoms with van der Waals surface area (Å²) < 4.78 is 0. The molecule has 0 bridgehead atoms. The van der Waals surface area contributed by atoms with Crippen LogP contribution in [0.5, 0.6) is 0 Å². The van der Waals surface area contributed by atoms with Crippen LogP contribution < -0.4 is 10.6 Å². The number of benzene rings is 2. The number of aryl methyl sites for hydroxylation is 1. The van der Waals surface area contributed by atoms with Crippen LogP contribution in [-0.2, 0) is 4.79 Å². The smallest absolute Gasteiger partial charge is 0.251 e. The lowest BCUT2D eigenvalue weighted by molar-refractivity contribution is -0.120. The quantitative estimate of drug-likeness (QED) is 0.784. The number of carbonyl (C=O) groups excluding carboxylic acids is 2. The molecule has 0 spiro atoms. The van der Waals surface area contributed by atoms with E-state index >= 15 is 0 Å². The van der Waals surface area contributed by atoms with Crippen LogP contribution in [0.2, 0.25) is 0 Å². The van der Waals surface area contributed by atoms with Crippen molar-refractivity contribution in [1.29, 1.82) is 0 Å². The summed E-state index contributed by atoms with van der Waals surface area (Å²) in [6, 6.07) is 15.2. The lowest BCUT2D eigenvalue weighted by atomic mass is 9.88. The molecule has 0 aliphatic heterocycles. The Hall–Kier alpha value is -2.62. The van der Waals surface area contributed by atoms with Crippen LogP contribution in [0.1, 0.15) is 66.6 Å². The lowest BCUT2D eigenvalue weighted by Crippen LogP contribution is -2.27. The Labute approximate surface area is 161 Å². The van der Waals surface area contributed by atoms with Crippen molar-refractivity contribution in [2.75, 3.05) is 5.32 Å². The van der Waals surface area contributed by atoms with Gasteiger partial charge in [-0.3, -0.25) is 9.59 Å². The maximum Gasteiger partial charge on any atom is 0.251 e. The Balaban J connectivity index is 1.62. The molecule has 1 aliphatic carbocycles. The zero-order valence-electron chi connectivity index (χ0n) is 16.1. The predicted octanol–water partition coefficient (Wildman–Crippen LogP) is 5.00. The Morgan fingerprint density at radius 1 is 1.00 bits per heavy atom. The second-order valence-corrected chi connectivity index (χ2v) is 7.51. The average molecular weight is 364 g/mol. The maximum absolute atomic E-state index is 12.6. The van der Waals surface area contributed by atoms with Crippen molar-refractivity contribution in [3.8, 4) is 0 Å². The molecule has 1 aliphatic rings. The zero-order chi connectivity index (χ0) is 19.2. The van der Waals surface area contributed by atoms with E-state index < -0.39 is 0 Å². The summed E-state index contributed by atoms with van der Waals surface area (Å²) >= 11 is 0. The van der Waals surface area contributed by atoms with Gasteiger partial charge in [-0.15, -0.1) is 0 Å². The fourth-order valence-electron chi connectivity index (χ4n) is 3.57. The molecule has 0 radical (unpaired) electrons. The summed E-state index contributed by atoms with van der Waals surface area (Å²) in [6.07, 6.45) is 5.38. The van der Waals surface area contributed by atoms with Gasteiger partial charge in [0.05, 0.1) is 6.04 Å². The molecule has 0 heterocycles. The Morgan fingerprint density at radius 2 is 1.70 bits per heavy atom. The molecular weight excluding hydrogens is 336 g/mol. The number of carbonyl (C=O) groups is 2. The van der Waals surface area contributed by atoms with Gasteiger partial charge in [-0.25, -0.2) is 0 Å². The fourth-order valence-corrected chi connectivity index (χ4v) is 3.57. The molecule has 0 aromatic heterocycles. The maximum atomic E-state index is 12.6. The highest BCUT2D eigenvalue weighted by Gasteiger charge is 2.21. The molecule has 27 heavy (non-hydrogen) atoms. The summed E-state index contributed by atoms with van der Waals surface area (Å²) in [5.41, 5.74) is 3.49. The minimum atomic E-state index is -0.142. The largest absolute Gasteiger partial charge is 0.346 e. The Kier molecular flexibility index (Phi) is 6.28. The summed E-state index contributed by atoms with van der Waals surface area (Å²) in [4.78, 5) is 25.0. The van der Waals surface area contributed by atoms with Crippen molar-refractivity contribution in [1.82, 2.24) is 5.32 Å².